The standard InChI is InChI=1S/C18H19NO2/c1-12-7-8-18(21-2)15(9-12)17(20)10-13-11-19-16-6-4-3-5-14(13)16/h3-9,13,19H,10-11H2,1-2H3. The molecule has 1 aliphatic heterocycles. The van der Waals surface area contributed by atoms with Gasteiger partial charge in [0.05, 0.1) is 12.7 Å². The van der Waals surface area contributed by atoms with Crippen LogP contribution in [0.2, 0.25) is 0 Å². The molecule has 2 aromatic carbocycles. The Bertz CT molecular complexity index is 679. The topological polar surface area (TPSA) is 38.3 Å². The lowest BCUT2D eigenvalue weighted by Crippen LogP contribution is -2.10. The van der Waals surface area contributed by atoms with Crippen LogP contribution in [0.4, 0.5) is 5.69 Å². The van der Waals surface area contributed by atoms with Crippen molar-refractivity contribution < 1.29 is 9.53 Å². The summed E-state index contributed by atoms with van der Waals surface area (Å²) in [5.74, 6) is 1.03. The monoisotopic (exact) mass is 281 g/mol. The number of nitrogens with one attached hydrogen (secondary N) is 1. The van der Waals surface area contributed by atoms with Crippen LogP contribution < -0.4 is 10.1 Å². The third-order valence-corrected chi connectivity index (χ3v) is 4.03. The molecule has 0 amide bonds. The van der Waals surface area contributed by atoms with Crippen molar-refractivity contribution in [2.45, 2.75) is 19.3 Å². The van der Waals surface area contributed by atoms with Gasteiger partial charge in [0.15, 0.2) is 5.78 Å². The van der Waals surface area contributed by atoms with Crippen LogP contribution in [-0.2, 0) is 0 Å². The Kier molecular flexibility index (Phi) is 3.65. The zero-order chi connectivity index (χ0) is 14.8. The molecule has 3 nitrogen and oxygen atoms in total. The van der Waals surface area contributed by atoms with Gasteiger partial charge >= 0.3 is 0 Å². The van der Waals surface area contributed by atoms with Crippen LogP contribution in [-0.4, -0.2) is 19.4 Å². The molecular formula is C18H19NO2. The maximum absolute atomic E-state index is 12.6. The summed E-state index contributed by atoms with van der Waals surface area (Å²) < 4.78 is 5.32. The zero-order valence-corrected chi connectivity index (χ0v) is 12.3. The van der Waals surface area contributed by atoms with Crippen LogP contribution in [0, 0.1) is 6.92 Å². The Morgan fingerprint density at radius 1 is 1.29 bits per heavy atom. The number of hydrogen-bond acceptors (Lipinski definition) is 3. The predicted octanol–water partition coefficient (Wildman–Crippen LogP) is 3.79. The van der Waals surface area contributed by atoms with Crippen molar-refractivity contribution in [1.82, 2.24) is 0 Å². The number of rotatable bonds is 4. The largest absolute Gasteiger partial charge is 0.496 e. The number of carbonyl (C=O) groups excluding carboxylic acids is 1. The molecule has 2 aromatic rings. The molecule has 0 radical (unpaired) electrons. The van der Waals surface area contributed by atoms with Crippen LogP contribution in [0.3, 0.4) is 0 Å². The Hall–Kier alpha value is -2.29. The predicted molar refractivity (Wildman–Crippen MR) is 84.4 cm³/mol. The van der Waals surface area contributed by atoms with E-state index >= 15 is 0 Å². The van der Waals surface area contributed by atoms with Gasteiger partial charge in [-0.05, 0) is 30.7 Å². The van der Waals surface area contributed by atoms with E-state index in [4.69, 9.17) is 4.74 Å². The Balaban J connectivity index is 1.83. The van der Waals surface area contributed by atoms with E-state index in [0.29, 0.717) is 17.7 Å². The lowest BCUT2D eigenvalue weighted by atomic mass is 9.92. The zero-order valence-electron chi connectivity index (χ0n) is 12.3. The van der Waals surface area contributed by atoms with Gasteiger partial charge in [-0.2, -0.15) is 0 Å². The first-order chi connectivity index (χ1) is 10.2. The minimum atomic E-state index is 0.138. The van der Waals surface area contributed by atoms with Gasteiger partial charge in [0.25, 0.3) is 0 Å². The first-order valence-corrected chi connectivity index (χ1v) is 7.19. The Labute approximate surface area is 124 Å². The molecular weight excluding hydrogens is 262 g/mol. The number of ether oxygens (including phenoxy) is 1. The van der Waals surface area contributed by atoms with Gasteiger partial charge in [-0.1, -0.05) is 29.8 Å². The lowest BCUT2D eigenvalue weighted by Gasteiger charge is -2.12. The van der Waals surface area contributed by atoms with Gasteiger partial charge in [-0.3, -0.25) is 4.79 Å². The number of Topliss-reactive ketones (excluding diaryl/α,β-unsaturated/α-hetero) is 1. The van der Waals surface area contributed by atoms with Crippen LogP contribution in [0.15, 0.2) is 42.5 Å². The number of carbonyl (C=O) groups is 1. The van der Waals surface area contributed by atoms with E-state index in [9.17, 15) is 4.79 Å². The van der Waals surface area contributed by atoms with E-state index in [1.165, 1.54) is 5.56 Å². The molecule has 0 spiro atoms. The highest BCUT2D eigenvalue weighted by molar-refractivity contribution is 5.99. The fourth-order valence-corrected chi connectivity index (χ4v) is 2.91. The first-order valence-electron chi connectivity index (χ1n) is 7.19. The molecule has 21 heavy (non-hydrogen) atoms. The SMILES string of the molecule is COc1ccc(C)cc1C(=O)CC1CNc2ccccc21. The maximum Gasteiger partial charge on any atom is 0.167 e. The summed E-state index contributed by atoms with van der Waals surface area (Å²) in [7, 11) is 1.61. The molecule has 1 atom stereocenters. The second kappa shape index (κ2) is 5.60. The molecule has 108 valence electrons. The number of benzene rings is 2. The number of hydrogen-bond donors (Lipinski definition) is 1. The first kappa shape index (κ1) is 13.7. The molecule has 0 saturated carbocycles. The number of fused-ring (bicyclic) bond motifs is 1. The van der Waals surface area contributed by atoms with Gasteiger partial charge in [0.1, 0.15) is 5.75 Å². The van der Waals surface area contributed by atoms with E-state index in [-0.39, 0.29) is 11.7 Å². The normalized spacial score (nSPS) is 16.2. The van der Waals surface area contributed by atoms with Crippen LogP contribution in [0.5, 0.6) is 5.75 Å². The summed E-state index contributed by atoms with van der Waals surface area (Å²) >= 11 is 0. The highest BCUT2D eigenvalue weighted by Gasteiger charge is 2.25. The smallest absolute Gasteiger partial charge is 0.167 e. The summed E-state index contributed by atoms with van der Waals surface area (Å²) in [5, 5.41) is 3.36. The maximum atomic E-state index is 12.6. The van der Waals surface area contributed by atoms with E-state index < -0.39 is 0 Å². The summed E-state index contributed by atoms with van der Waals surface area (Å²) in [6.07, 6.45) is 0.504. The fraction of sp³-hybridized carbons (Fsp3) is 0.278. The number of ketones is 1. The van der Waals surface area contributed by atoms with Gasteiger partial charge in [0.2, 0.25) is 0 Å². The van der Waals surface area contributed by atoms with Gasteiger partial charge in [0, 0.05) is 24.6 Å². The molecule has 1 heterocycles. The molecule has 0 saturated heterocycles. The molecule has 0 aliphatic carbocycles. The molecule has 0 aromatic heterocycles. The van der Waals surface area contributed by atoms with Crippen LogP contribution in [0.25, 0.3) is 0 Å². The van der Waals surface area contributed by atoms with Gasteiger partial charge in [-0.25, -0.2) is 0 Å². The van der Waals surface area contributed by atoms with Crippen molar-refractivity contribution in [3.8, 4) is 5.75 Å². The molecule has 0 bridgehead atoms. The van der Waals surface area contributed by atoms with Crippen molar-refractivity contribution in [1.29, 1.82) is 0 Å². The minimum Gasteiger partial charge on any atom is -0.496 e. The van der Waals surface area contributed by atoms with Crippen molar-refractivity contribution in [3.63, 3.8) is 0 Å². The van der Waals surface area contributed by atoms with E-state index in [2.05, 4.69) is 17.4 Å². The van der Waals surface area contributed by atoms with E-state index in [0.717, 1.165) is 17.8 Å². The average Bonchev–Trinajstić information content (AvgIpc) is 2.90. The molecule has 1 N–H and O–H groups in total. The van der Waals surface area contributed by atoms with Crippen molar-refractivity contribution >= 4 is 11.5 Å². The van der Waals surface area contributed by atoms with Crippen LogP contribution >= 0.6 is 0 Å². The molecule has 0 fully saturated rings. The van der Waals surface area contributed by atoms with E-state index in [1.54, 1.807) is 7.11 Å². The van der Waals surface area contributed by atoms with E-state index in [1.807, 2.05) is 37.3 Å². The summed E-state index contributed by atoms with van der Waals surface area (Å²) in [6, 6.07) is 13.9. The van der Waals surface area contributed by atoms with Gasteiger partial charge in [-0.15, -0.1) is 0 Å². The van der Waals surface area contributed by atoms with Gasteiger partial charge < -0.3 is 10.1 Å². The minimum absolute atomic E-state index is 0.138. The summed E-state index contributed by atoms with van der Waals surface area (Å²) in [5.41, 5.74) is 4.13. The lowest BCUT2D eigenvalue weighted by molar-refractivity contribution is 0.0972. The number of para-hydroxylation sites is 1. The Morgan fingerprint density at radius 3 is 2.90 bits per heavy atom. The molecule has 1 unspecified atom stereocenters. The second-order valence-corrected chi connectivity index (χ2v) is 5.50. The molecule has 1 aliphatic rings. The molecule has 3 rings (SSSR count). The highest BCUT2D eigenvalue weighted by atomic mass is 16.5. The molecule has 3 heteroatoms. The summed E-state index contributed by atoms with van der Waals surface area (Å²) in [6.45, 7) is 2.81. The third-order valence-electron chi connectivity index (χ3n) is 4.03. The number of methoxy groups -OCH3 is 1. The van der Waals surface area contributed by atoms with Crippen molar-refractivity contribution in [3.05, 3.63) is 59.2 Å². The Morgan fingerprint density at radius 2 is 2.10 bits per heavy atom. The summed E-state index contributed by atoms with van der Waals surface area (Å²) in [4.78, 5) is 12.6. The number of anilines is 1. The quantitative estimate of drug-likeness (QED) is 0.867. The third kappa shape index (κ3) is 2.64. The average molecular weight is 281 g/mol. The van der Waals surface area contributed by atoms with Crippen molar-refractivity contribution in [2.24, 2.45) is 0 Å². The highest BCUT2D eigenvalue weighted by Crippen LogP contribution is 2.35. The fourth-order valence-electron chi connectivity index (χ4n) is 2.91. The van der Waals surface area contributed by atoms with Crippen LogP contribution in [0.1, 0.15) is 33.8 Å². The number of aryl methyl sites for hydroxylation is 1. The van der Waals surface area contributed by atoms with Crippen molar-refractivity contribution in [2.75, 3.05) is 19.0 Å². The second-order valence-electron chi connectivity index (χ2n) is 5.50.